The lowest BCUT2D eigenvalue weighted by Gasteiger charge is -2.18. The third-order valence-corrected chi connectivity index (χ3v) is 7.45. The van der Waals surface area contributed by atoms with Gasteiger partial charge in [0.25, 0.3) is 0 Å². The topological polar surface area (TPSA) is 125 Å². The molecule has 0 radical (unpaired) electrons. The zero-order valence-electron chi connectivity index (χ0n) is 18.7. The van der Waals surface area contributed by atoms with Crippen molar-refractivity contribution < 1.29 is 29.3 Å². The molecule has 2 amide bonds. The molecule has 2 fully saturated rings. The highest BCUT2D eigenvalue weighted by atomic mass is 16.5. The van der Waals surface area contributed by atoms with E-state index in [1.165, 1.54) is 0 Å². The molecule has 0 saturated heterocycles. The molecule has 5 rings (SSSR count). The van der Waals surface area contributed by atoms with Crippen LogP contribution in [0.2, 0.25) is 0 Å². The predicted molar refractivity (Wildman–Crippen MR) is 123 cm³/mol. The Kier molecular flexibility index (Phi) is 5.77. The maximum atomic E-state index is 12.2. The average molecular weight is 465 g/mol. The number of carbonyl (C=O) groups excluding carboxylic acids is 2. The number of aliphatic hydroxyl groups is 1. The number of amides is 2. The normalized spacial score (nSPS) is 25.0. The zero-order valence-corrected chi connectivity index (χ0v) is 18.7. The molecule has 0 aliphatic heterocycles. The molecule has 2 aromatic carbocycles. The van der Waals surface area contributed by atoms with E-state index >= 15 is 0 Å². The van der Waals surface area contributed by atoms with Crippen molar-refractivity contribution in [1.82, 2.24) is 10.6 Å². The molecule has 0 spiro atoms. The first kappa shape index (κ1) is 22.4. The first-order chi connectivity index (χ1) is 16.4. The van der Waals surface area contributed by atoms with Crippen LogP contribution in [0.5, 0.6) is 0 Å². The van der Waals surface area contributed by atoms with Crippen LogP contribution in [0.1, 0.15) is 42.7 Å². The molecule has 4 atom stereocenters. The zero-order chi connectivity index (χ0) is 23.9. The Morgan fingerprint density at radius 3 is 2.29 bits per heavy atom. The second kappa shape index (κ2) is 8.76. The molecular weight excluding hydrogens is 436 g/mol. The van der Waals surface area contributed by atoms with Crippen molar-refractivity contribution in [2.75, 3.05) is 13.2 Å². The number of hydrogen-bond acceptors (Lipinski definition) is 5. The van der Waals surface area contributed by atoms with Gasteiger partial charge in [0.05, 0.1) is 17.9 Å². The first-order valence-electron chi connectivity index (χ1n) is 11.7. The second-order valence-electron chi connectivity index (χ2n) is 9.63. The SMILES string of the molecule is O=C(CC(O)CNC(=O)OCC1c2ccccc2-c2ccccc21)NC1CC2CC2(C(=O)O)C1. The van der Waals surface area contributed by atoms with E-state index in [1.807, 2.05) is 36.4 Å². The fraction of sp³-hybridized carbons (Fsp3) is 0.423. The van der Waals surface area contributed by atoms with Crippen molar-refractivity contribution in [3.05, 3.63) is 59.7 Å². The van der Waals surface area contributed by atoms with Gasteiger partial charge in [0.2, 0.25) is 5.91 Å². The Morgan fingerprint density at radius 1 is 1.03 bits per heavy atom. The number of ether oxygens (including phenoxy) is 1. The molecular formula is C26H28N2O6. The highest BCUT2D eigenvalue weighted by Gasteiger charge is 2.65. The molecule has 4 N–H and O–H groups in total. The molecule has 178 valence electrons. The number of carbonyl (C=O) groups is 3. The summed E-state index contributed by atoms with van der Waals surface area (Å²) in [5.41, 5.74) is 3.84. The maximum Gasteiger partial charge on any atom is 0.407 e. The number of fused-ring (bicyclic) bond motifs is 4. The van der Waals surface area contributed by atoms with Crippen LogP contribution >= 0.6 is 0 Å². The predicted octanol–water partition coefficient (Wildman–Crippen LogP) is 2.65. The van der Waals surface area contributed by atoms with Gasteiger partial charge < -0.3 is 25.6 Å². The minimum atomic E-state index is -1.06. The summed E-state index contributed by atoms with van der Waals surface area (Å²) in [6.45, 7) is 0.0566. The third kappa shape index (κ3) is 4.14. The maximum absolute atomic E-state index is 12.2. The van der Waals surface area contributed by atoms with E-state index in [0.717, 1.165) is 22.3 Å². The van der Waals surface area contributed by atoms with E-state index in [1.54, 1.807) is 0 Å². The molecule has 3 aliphatic carbocycles. The number of aliphatic hydroxyl groups excluding tert-OH is 1. The minimum Gasteiger partial charge on any atom is -0.481 e. The summed E-state index contributed by atoms with van der Waals surface area (Å²) < 4.78 is 5.44. The fourth-order valence-corrected chi connectivity index (χ4v) is 5.69. The van der Waals surface area contributed by atoms with E-state index in [0.29, 0.717) is 19.3 Å². The molecule has 0 aromatic heterocycles. The lowest BCUT2D eigenvalue weighted by molar-refractivity contribution is -0.143. The summed E-state index contributed by atoms with van der Waals surface area (Å²) in [6, 6.07) is 15.9. The van der Waals surface area contributed by atoms with Crippen LogP contribution in [-0.2, 0) is 14.3 Å². The van der Waals surface area contributed by atoms with Crippen molar-refractivity contribution in [1.29, 1.82) is 0 Å². The van der Waals surface area contributed by atoms with Crippen LogP contribution in [0, 0.1) is 11.3 Å². The van der Waals surface area contributed by atoms with E-state index < -0.39 is 23.6 Å². The van der Waals surface area contributed by atoms with Gasteiger partial charge >= 0.3 is 12.1 Å². The van der Waals surface area contributed by atoms with E-state index in [2.05, 4.69) is 22.8 Å². The van der Waals surface area contributed by atoms with Gasteiger partial charge in [-0.3, -0.25) is 9.59 Å². The third-order valence-electron chi connectivity index (χ3n) is 7.45. The Bertz CT molecular complexity index is 1090. The Hall–Kier alpha value is -3.39. The molecule has 0 heterocycles. The Balaban J connectivity index is 1.06. The molecule has 8 nitrogen and oxygen atoms in total. The molecule has 4 unspecified atom stereocenters. The molecule has 3 aliphatic rings. The average Bonchev–Trinajstić information content (AvgIpc) is 3.25. The van der Waals surface area contributed by atoms with Crippen LogP contribution < -0.4 is 10.6 Å². The summed E-state index contributed by atoms with van der Waals surface area (Å²) in [5.74, 6) is -1.06. The second-order valence-corrected chi connectivity index (χ2v) is 9.63. The van der Waals surface area contributed by atoms with Crippen molar-refractivity contribution in [2.24, 2.45) is 11.3 Å². The van der Waals surface area contributed by atoms with E-state index in [-0.39, 0.29) is 43.4 Å². The van der Waals surface area contributed by atoms with Gasteiger partial charge in [0, 0.05) is 18.5 Å². The minimum absolute atomic E-state index is 0.0550. The van der Waals surface area contributed by atoms with Crippen LogP contribution in [0.3, 0.4) is 0 Å². The quantitative estimate of drug-likeness (QED) is 0.476. The molecule has 8 heteroatoms. The Morgan fingerprint density at radius 2 is 1.68 bits per heavy atom. The number of carboxylic acid groups (broad SMARTS) is 1. The lowest BCUT2D eigenvalue weighted by atomic mass is 9.98. The fourth-order valence-electron chi connectivity index (χ4n) is 5.69. The van der Waals surface area contributed by atoms with Gasteiger partial charge in [-0.1, -0.05) is 48.5 Å². The number of alkyl carbamates (subject to hydrolysis) is 1. The number of carboxylic acids is 1. The molecule has 2 saturated carbocycles. The molecule has 2 aromatic rings. The summed E-state index contributed by atoms with van der Waals surface area (Å²) >= 11 is 0. The monoisotopic (exact) mass is 464 g/mol. The largest absolute Gasteiger partial charge is 0.481 e. The molecule has 34 heavy (non-hydrogen) atoms. The van der Waals surface area contributed by atoms with Crippen molar-refractivity contribution in [2.45, 2.75) is 43.7 Å². The number of nitrogens with one attached hydrogen (secondary N) is 2. The van der Waals surface area contributed by atoms with Gasteiger partial charge in [-0.25, -0.2) is 4.79 Å². The van der Waals surface area contributed by atoms with Crippen LogP contribution in [0.25, 0.3) is 11.1 Å². The van der Waals surface area contributed by atoms with Gasteiger partial charge in [-0.15, -0.1) is 0 Å². The number of rotatable bonds is 8. The number of aliphatic carboxylic acids is 1. The van der Waals surface area contributed by atoms with Crippen LogP contribution in [0.15, 0.2) is 48.5 Å². The van der Waals surface area contributed by atoms with Gasteiger partial charge in [0.1, 0.15) is 6.61 Å². The summed E-state index contributed by atoms with van der Waals surface area (Å²) in [6.07, 6.45) is -0.115. The molecule has 0 bridgehead atoms. The van der Waals surface area contributed by atoms with Crippen molar-refractivity contribution in [3.8, 4) is 11.1 Å². The van der Waals surface area contributed by atoms with Crippen molar-refractivity contribution in [3.63, 3.8) is 0 Å². The van der Waals surface area contributed by atoms with Crippen LogP contribution in [-0.4, -0.2) is 53.5 Å². The van der Waals surface area contributed by atoms with Crippen LogP contribution in [0.4, 0.5) is 4.79 Å². The van der Waals surface area contributed by atoms with Gasteiger partial charge in [0.15, 0.2) is 0 Å². The lowest BCUT2D eigenvalue weighted by Crippen LogP contribution is -2.40. The highest BCUT2D eigenvalue weighted by molar-refractivity contribution is 5.81. The van der Waals surface area contributed by atoms with E-state index in [9.17, 15) is 24.6 Å². The Labute approximate surface area is 197 Å². The standard InChI is InChI=1S/C26H28N2O6/c29-17(10-23(30)28-16-9-15-11-26(15,12-16)24(31)32)13-27-25(33)34-14-22-20-7-3-1-5-18(20)19-6-2-4-8-21(19)22/h1-8,15-17,22,29H,9-14H2,(H,27,33)(H,28,30)(H,31,32). The number of benzene rings is 2. The summed E-state index contributed by atoms with van der Waals surface area (Å²) in [4.78, 5) is 35.8. The highest BCUT2D eigenvalue weighted by Crippen LogP contribution is 2.63. The first-order valence-corrected chi connectivity index (χ1v) is 11.7. The van der Waals surface area contributed by atoms with E-state index in [4.69, 9.17) is 4.74 Å². The van der Waals surface area contributed by atoms with Gasteiger partial charge in [-0.2, -0.15) is 0 Å². The summed E-state index contributed by atoms with van der Waals surface area (Å²) in [7, 11) is 0. The number of hydrogen-bond donors (Lipinski definition) is 4. The smallest absolute Gasteiger partial charge is 0.407 e. The van der Waals surface area contributed by atoms with Gasteiger partial charge in [-0.05, 0) is 47.4 Å². The van der Waals surface area contributed by atoms with Crippen molar-refractivity contribution >= 4 is 18.0 Å². The summed E-state index contributed by atoms with van der Waals surface area (Å²) in [5, 5.41) is 24.8.